The molecule has 1 rings (SSSR count). The third-order valence-corrected chi connectivity index (χ3v) is 1.03. The molecule has 1 aliphatic rings. The first-order chi connectivity index (χ1) is 4.43. The summed E-state index contributed by atoms with van der Waals surface area (Å²) in [6.45, 7) is 1.01. The zero-order valence-corrected chi connectivity index (χ0v) is 5.04. The summed E-state index contributed by atoms with van der Waals surface area (Å²) >= 11 is 0. The summed E-state index contributed by atoms with van der Waals surface area (Å²) in [5, 5.41) is 0. The van der Waals surface area contributed by atoms with Crippen molar-refractivity contribution in [3.05, 3.63) is 23.9 Å². The van der Waals surface area contributed by atoms with Crippen molar-refractivity contribution in [2.45, 2.75) is 0 Å². The largest absolute Gasteiger partial charge is 0.405 e. The molecule has 3 heteroatoms. The average Bonchev–Trinajstić information content (AvgIpc) is 1.91. The third-order valence-electron chi connectivity index (χ3n) is 1.03. The van der Waals surface area contributed by atoms with Gasteiger partial charge in [0.2, 0.25) is 0 Å². The van der Waals surface area contributed by atoms with Gasteiger partial charge in [-0.15, -0.1) is 0 Å². The minimum absolute atomic E-state index is 0.494. The van der Waals surface area contributed by atoms with E-state index >= 15 is 0 Å². The summed E-state index contributed by atoms with van der Waals surface area (Å²) in [4.78, 5) is 9.25. The second-order valence-electron chi connectivity index (χ2n) is 1.68. The fourth-order valence-electron chi connectivity index (χ4n) is 0.598. The van der Waals surface area contributed by atoms with Gasteiger partial charge in [-0.3, -0.25) is 0 Å². The van der Waals surface area contributed by atoms with Gasteiger partial charge in [0.1, 0.15) is 13.2 Å². The van der Waals surface area contributed by atoms with Crippen molar-refractivity contribution in [3.8, 4) is 0 Å². The summed E-state index contributed by atoms with van der Waals surface area (Å²) in [6, 6.07) is 0. The Balaban J connectivity index is 2.46. The van der Waals surface area contributed by atoms with Crippen molar-refractivity contribution in [3.63, 3.8) is 0 Å². The predicted octanol–water partition coefficient (Wildman–Crippen LogP) is 0.347. The van der Waals surface area contributed by atoms with E-state index in [-0.39, 0.29) is 0 Å². The Morgan fingerprint density at radius 1 is 1.56 bits per heavy atom. The molecule has 2 N–H and O–H groups in total. The molecule has 0 aromatic carbocycles. The zero-order chi connectivity index (χ0) is 6.53. The maximum atomic E-state index is 5.14. The van der Waals surface area contributed by atoms with Crippen LogP contribution in [0.15, 0.2) is 23.9 Å². The average molecular weight is 127 g/mol. The van der Waals surface area contributed by atoms with Crippen LogP contribution in [0.3, 0.4) is 0 Å². The number of nitrogens with two attached hydrogens (primary N) is 1. The van der Waals surface area contributed by atoms with Crippen LogP contribution in [0, 0.1) is 0 Å². The van der Waals surface area contributed by atoms with Crippen molar-refractivity contribution < 1.29 is 9.78 Å². The van der Waals surface area contributed by atoms with Crippen LogP contribution in [0.4, 0.5) is 0 Å². The molecule has 9 heavy (non-hydrogen) atoms. The summed E-state index contributed by atoms with van der Waals surface area (Å²) in [5.41, 5.74) is 6.20. The van der Waals surface area contributed by atoms with E-state index in [0.29, 0.717) is 13.2 Å². The highest BCUT2D eigenvalue weighted by molar-refractivity contribution is 5.18. The van der Waals surface area contributed by atoms with Crippen LogP contribution in [0.5, 0.6) is 0 Å². The van der Waals surface area contributed by atoms with Crippen molar-refractivity contribution in [2.24, 2.45) is 5.73 Å². The van der Waals surface area contributed by atoms with Crippen LogP contribution in [-0.2, 0) is 9.78 Å². The summed E-state index contributed by atoms with van der Waals surface area (Å²) in [6.07, 6.45) is 5.20. The molecule has 0 radical (unpaired) electrons. The molecule has 0 atom stereocenters. The van der Waals surface area contributed by atoms with Crippen molar-refractivity contribution in [1.82, 2.24) is 0 Å². The van der Waals surface area contributed by atoms with Crippen LogP contribution in [0.1, 0.15) is 0 Å². The smallest absolute Gasteiger partial charge is 0.107 e. The van der Waals surface area contributed by atoms with E-state index in [1.807, 2.05) is 6.08 Å². The lowest BCUT2D eigenvalue weighted by Gasteiger charge is -2.08. The highest BCUT2D eigenvalue weighted by Gasteiger charge is 1.98. The van der Waals surface area contributed by atoms with Gasteiger partial charge in [0.15, 0.2) is 0 Å². The summed E-state index contributed by atoms with van der Waals surface area (Å²) in [7, 11) is 0. The van der Waals surface area contributed by atoms with Gasteiger partial charge in [0.25, 0.3) is 0 Å². The molecular weight excluding hydrogens is 118 g/mol. The van der Waals surface area contributed by atoms with Gasteiger partial charge in [-0.05, 0) is 17.8 Å². The van der Waals surface area contributed by atoms with Gasteiger partial charge in [-0.1, -0.05) is 6.08 Å². The molecule has 0 saturated heterocycles. The molecule has 0 bridgehead atoms. The Kier molecular flexibility index (Phi) is 2.30. The van der Waals surface area contributed by atoms with Crippen LogP contribution in [0.25, 0.3) is 0 Å². The molecule has 0 spiro atoms. The topological polar surface area (TPSA) is 44.5 Å². The second-order valence-corrected chi connectivity index (χ2v) is 1.68. The van der Waals surface area contributed by atoms with Crippen LogP contribution in [-0.4, -0.2) is 13.2 Å². The van der Waals surface area contributed by atoms with Gasteiger partial charge in [-0.2, -0.15) is 0 Å². The fraction of sp³-hybridized carbons (Fsp3) is 0.333. The van der Waals surface area contributed by atoms with Crippen molar-refractivity contribution in [2.75, 3.05) is 13.2 Å². The van der Waals surface area contributed by atoms with Crippen LogP contribution in [0.2, 0.25) is 0 Å². The van der Waals surface area contributed by atoms with E-state index in [1.54, 1.807) is 6.08 Å². The van der Waals surface area contributed by atoms with E-state index in [4.69, 9.17) is 5.73 Å². The molecule has 0 saturated carbocycles. The Labute approximate surface area is 53.7 Å². The molecule has 0 fully saturated rings. The molecule has 0 amide bonds. The zero-order valence-electron chi connectivity index (χ0n) is 5.04. The second kappa shape index (κ2) is 3.27. The van der Waals surface area contributed by atoms with Gasteiger partial charge in [0, 0.05) is 0 Å². The van der Waals surface area contributed by atoms with Gasteiger partial charge in [-0.25, -0.2) is 9.78 Å². The molecule has 50 valence electrons. The quantitative estimate of drug-likeness (QED) is 0.517. The predicted molar refractivity (Wildman–Crippen MR) is 33.3 cm³/mol. The summed E-state index contributed by atoms with van der Waals surface area (Å²) < 4.78 is 0. The highest BCUT2D eigenvalue weighted by atomic mass is 17.2. The summed E-state index contributed by atoms with van der Waals surface area (Å²) in [5.74, 6) is 0. The van der Waals surface area contributed by atoms with Crippen molar-refractivity contribution in [1.29, 1.82) is 0 Å². The first-order valence-electron chi connectivity index (χ1n) is 2.75. The molecule has 0 aliphatic carbocycles. The molecule has 1 aliphatic heterocycles. The molecule has 0 unspecified atom stereocenters. The van der Waals surface area contributed by atoms with Gasteiger partial charge in [0.05, 0.1) is 0 Å². The van der Waals surface area contributed by atoms with E-state index in [0.717, 1.165) is 5.57 Å². The lowest BCUT2D eigenvalue weighted by Crippen LogP contribution is -2.06. The Bertz CT molecular complexity index is 140. The SMILES string of the molecule is N/C=C\C1=CCOOC1. The lowest BCUT2D eigenvalue weighted by atomic mass is 10.2. The van der Waals surface area contributed by atoms with Crippen molar-refractivity contribution >= 4 is 0 Å². The first kappa shape index (κ1) is 6.32. The standard InChI is InChI=1S/C6H9NO2/c7-3-1-6-2-4-8-9-5-6/h1-3H,4-5,7H2/b3-1-. The van der Waals surface area contributed by atoms with E-state index in [9.17, 15) is 0 Å². The number of hydrogen-bond acceptors (Lipinski definition) is 3. The minimum atomic E-state index is 0.494. The molecule has 0 aromatic heterocycles. The van der Waals surface area contributed by atoms with Gasteiger partial charge >= 0.3 is 0 Å². The molecule has 0 aromatic rings. The third kappa shape index (κ3) is 1.87. The maximum absolute atomic E-state index is 5.14. The highest BCUT2D eigenvalue weighted by Crippen LogP contribution is 2.02. The fourth-order valence-corrected chi connectivity index (χ4v) is 0.598. The Hall–Kier alpha value is -0.800. The van der Waals surface area contributed by atoms with Gasteiger partial charge < -0.3 is 5.73 Å². The molecule has 1 heterocycles. The van der Waals surface area contributed by atoms with Crippen LogP contribution >= 0.6 is 0 Å². The van der Waals surface area contributed by atoms with Crippen LogP contribution < -0.4 is 5.73 Å². The minimum Gasteiger partial charge on any atom is -0.405 e. The molecule has 3 nitrogen and oxygen atoms in total. The normalized spacial score (nSPS) is 20.2. The van der Waals surface area contributed by atoms with E-state index in [1.165, 1.54) is 6.20 Å². The van der Waals surface area contributed by atoms with E-state index in [2.05, 4.69) is 9.78 Å². The molecular formula is C6H9NO2. The number of hydrogen-bond donors (Lipinski definition) is 1. The maximum Gasteiger partial charge on any atom is 0.107 e. The number of rotatable bonds is 1. The monoisotopic (exact) mass is 127 g/mol. The Morgan fingerprint density at radius 3 is 3.00 bits per heavy atom. The van der Waals surface area contributed by atoms with E-state index < -0.39 is 0 Å². The Morgan fingerprint density at radius 2 is 2.44 bits per heavy atom. The lowest BCUT2D eigenvalue weighted by molar-refractivity contribution is -0.285. The first-order valence-corrected chi connectivity index (χ1v) is 2.75.